The van der Waals surface area contributed by atoms with E-state index in [1.165, 1.54) is 36.8 Å². The van der Waals surface area contributed by atoms with Gasteiger partial charge in [-0.2, -0.15) is 0 Å². The van der Waals surface area contributed by atoms with E-state index in [0.29, 0.717) is 20.1 Å². The number of benzene rings is 2. The predicted octanol–water partition coefficient (Wildman–Crippen LogP) is 8.42. The molecule has 0 amide bonds. The quantitative estimate of drug-likeness (QED) is 0.322. The van der Waals surface area contributed by atoms with E-state index < -0.39 is 0 Å². The first kappa shape index (κ1) is 32.9. The van der Waals surface area contributed by atoms with Crippen molar-refractivity contribution in [3.05, 3.63) is 67.6 Å². The lowest BCUT2D eigenvalue weighted by molar-refractivity contribution is -0.00947. The summed E-state index contributed by atoms with van der Waals surface area (Å²) in [4.78, 5) is 2.24. The van der Waals surface area contributed by atoms with Gasteiger partial charge in [0.05, 0.1) is 32.3 Å². The minimum absolute atomic E-state index is 0.00399. The van der Waals surface area contributed by atoms with Gasteiger partial charge in [-0.05, 0) is 82.2 Å². The second-order valence-electron chi connectivity index (χ2n) is 11.3. The Labute approximate surface area is 255 Å². The van der Waals surface area contributed by atoms with E-state index in [1.807, 2.05) is 38.4 Å². The molecule has 0 aliphatic heterocycles. The van der Waals surface area contributed by atoms with E-state index in [-0.39, 0.29) is 23.0 Å². The van der Waals surface area contributed by atoms with Crippen LogP contribution >= 0.6 is 46.4 Å². The largest absolute Gasteiger partial charge is 0.380 e. The molecular weight excluding hydrogens is 574 g/mol. The van der Waals surface area contributed by atoms with Crippen molar-refractivity contribution in [2.75, 3.05) is 48.5 Å². The molecule has 4 nitrogen and oxygen atoms in total. The Morgan fingerprint density at radius 2 is 1.21 bits per heavy atom. The summed E-state index contributed by atoms with van der Waals surface area (Å²) in [6.07, 6.45) is 9.81. The molecule has 2 fully saturated rings. The molecule has 2 aromatic carbocycles. The number of rotatable bonds is 8. The maximum absolute atomic E-state index is 6.24. The van der Waals surface area contributed by atoms with Crippen molar-refractivity contribution in [1.82, 2.24) is 10.2 Å². The molecule has 4 rings (SSSR count). The number of likely N-dealkylation sites (N-methyl/N-ethyl adjacent to an activating group) is 2. The molecule has 2 aromatic rings. The number of nitrogens with one attached hydrogen (secondary N) is 1. The first-order valence-electron chi connectivity index (χ1n) is 13.9. The molecule has 0 spiro atoms. The summed E-state index contributed by atoms with van der Waals surface area (Å²) in [5.74, 6) is 0. The average molecular weight is 619 g/mol. The molecule has 2 saturated carbocycles. The lowest BCUT2D eigenvalue weighted by Crippen LogP contribution is -2.50. The zero-order valence-corrected chi connectivity index (χ0v) is 27.0. The Hall–Kier alpha value is -0.560. The second-order valence-corrected chi connectivity index (χ2v) is 12.9. The van der Waals surface area contributed by atoms with Crippen LogP contribution in [0.15, 0.2) is 36.4 Å². The predicted molar refractivity (Wildman–Crippen MR) is 167 cm³/mol. The fraction of sp³-hybridized carbons (Fsp3) is 0.613. The fourth-order valence-corrected chi connectivity index (χ4v) is 7.43. The SMILES string of the molecule is CNCC1(c2ccc(Cl)c(Cl)c2)CCCCC1OC.COC1CCCCC1(CN(C)C)c1ccc(Cl)c(Cl)c1. The van der Waals surface area contributed by atoms with E-state index in [1.54, 1.807) is 7.11 Å². The van der Waals surface area contributed by atoms with Crippen molar-refractivity contribution < 1.29 is 9.47 Å². The molecule has 0 radical (unpaired) electrons. The maximum Gasteiger partial charge on any atom is 0.0680 e. The molecule has 1 N–H and O–H groups in total. The van der Waals surface area contributed by atoms with Gasteiger partial charge in [0.25, 0.3) is 0 Å². The number of ether oxygens (including phenoxy) is 2. The third kappa shape index (κ3) is 7.64. The summed E-state index contributed by atoms with van der Waals surface area (Å²) in [6, 6.07) is 12.0. The molecule has 4 unspecified atom stereocenters. The highest BCUT2D eigenvalue weighted by Crippen LogP contribution is 2.44. The number of methoxy groups -OCH3 is 2. The van der Waals surface area contributed by atoms with Gasteiger partial charge in [0.2, 0.25) is 0 Å². The minimum Gasteiger partial charge on any atom is -0.380 e. The average Bonchev–Trinajstić information content (AvgIpc) is 2.92. The fourth-order valence-electron chi connectivity index (χ4n) is 6.83. The number of hydrogen-bond acceptors (Lipinski definition) is 4. The summed E-state index contributed by atoms with van der Waals surface area (Å²) in [5, 5.41) is 5.78. The Balaban J connectivity index is 0.000000216. The summed E-state index contributed by atoms with van der Waals surface area (Å²) in [6.45, 7) is 1.85. The number of hydrogen-bond donors (Lipinski definition) is 1. The van der Waals surface area contributed by atoms with Gasteiger partial charge in [-0.15, -0.1) is 0 Å². The second kappa shape index (κ2) is 15.1. The normalized spacial score (nSPS) is 27.2. The van der Waals surface area contributed by atoms with Crippen LogP contribution in [-0.4, -0.2) is 65.6 Å². The summed E-state index contributed by atoms with van der Waals surface area (Å²) < 4.78 is 11.6. The van der Waals surface area contributed by atoms with Crippen LogP contribution < -0.4 is 5.32 Å². The zero-order valence-electron chi connectivity index (χ0n) is 24.0. The summed E-state index contributed by atoms with van der Waals surface area (Å²) >= 11 is 24.5. The molecule has 0 aromatic heterocycles. The van der Waals surface area contributed by atoms with Crippen LogP contribution in [0.5, 0.6) is 0 Å². The Morgan fingerprint density at radius 1 is 0.744 bits per heavy atom. The van der Waals surface area contributed by atoms with Crippen LogP contribution in [0.25, 0.3) is 0 Å². The van der Waals surface area contributed by atoms with Gasteiger partial charge in [0, 0.05) is 38.1 Å². The third-order valence-electron chi connectivity index (χ3n) is 8.56. The van der Waals surface area contributed by atoms with E-state index in [0.717, 1.165) is 38.8 Å². The smallest absolute Gasteiger partial charge is 0.0680 e. The van der Waals surface area contributed by atoms with Gasteiger partial charge < -0.3 is 19.7 Å². The molecule has 218 valence electrons. The van der Waals surface area contributed by atoms with Crippen molar-refractivity contribution in [1.29, 1.82) is 0 Å². The molecule has 0 bridgehead atoms. The third-order valence-corrected chi connectivity index (χ3v) is 10.0. The van der Waals surface area contributed by atoms with Crippen LogP contribution in [0.4, 0.5) is 0 Å². The van der Waals surface area contributed by atoms with Crippen LogP contribution in [0.2, 0.25) is 20.1 Å². The summed E-state index contributed by atoms with van der Waals surface area (Å²) in [7, 11) is 9.83. The standard InChI is InChI=1S/C16H23Cl2NO.C15H21Cl2NO/c1-19(2)11-16(9-5-4-6-15(16)20-3)12-7-8-13(17)14(18)10-12;1-18-10-15(8-4-3-5-14(15)19-2)11-6-7-12(16)13(17)9-11/h7-8,10,15H,4-6,9,11H2,1-3H3;6-7,9,14,18H,3-5,8,10H2,1-2H3. The molecule has 2 aliphatic rings. The lowest BCUT2D eigenvalue weighted by atomic mass is 9.67. The van der Waals surface area contributed by atoms with E-state index in [9.17, 15) is 0 Å². The van der Waals surface area contributed by atoms with Gasteiger partial charge in [0.1, 0.15) is 0 Å². The van der Waals surface area contributed by atoms with Crippen LogP contribution in [0.3, 0.4) is 0 Å². The van der Waals surface area contributed by atoms with Crippen molar-refractivity contribution in [3.63, 3.8) is 0 Å². The highest BCUT2D eigenvalue weighted by molar-refractivity contribution is 6.42. The van der Waals surface area contributed by atoms with Gasteiger partial charge >= 0.3 is 0 Å². The van der Waals surface area contributed by atoms with Crippen LogP contribution in [0, 0.1) is 0 Å². The first-order valence-corrected chi connectivity index (χ1v) is 15.4. The maximum atomic E-state index is 6.24. The van der Waals surface area contributed by atoms with Crippen molar-refractivity contribution in [2.24, 2.45) is 0 Å². The van der Waals surface area contributed by atoms with E-state index in [4.69, 9.17) is 55.9 Å². The molecule has 0 saturated heterocycles. The Morgan fingerprint density at radius 3 is 1.64 bits per heavy atom. The topological polar surface area (TPSA) is 33.7 Å². The van der Waals surface area contributed by atoms with Crippen molar-refractivity contribution >= 4 is 46.4 Å². The molecule has 0 heterocycles. The monoisotopic (exact) mass is 616 g/mol. The minimum atomic E-state index is -0.00399. The van der Waals surface area contributed by atoms with Crippen LogP contribution in [-0.2, 0) is 20.3 Å². The molecule has 2 aliphatic carbocycles. The molecular formula is C31H44Cl4N2O2. The molecule has 39 heavy (non-hydrogen) atoms. The Bertz CT molecular complexity index is 1060. The van der Waals surface area contributed by atoms with Gasteiger partial charge in [0.15, 0.2) is 0 Å². The van der Waals surface area contributed by atoms with E-state index >= 15 is 0 Å². The van der Waals surface area contributed by atoms with Gasteiger partial charge in [-0.25, -0.2) is 0 Å². The van der Waals surface area contributed by atoms with Crippen LogP contribution in [0.1, 0.15) is 62.5 Å². The number of halogens is 4. The lowest BCUT2D eigenvalue weighted by Gasteiger charge is -2.45. The summed E-state index contributed by atoms with van der Waals surface area (Å²) in [5.41, 5.74) is 2.47. The van der Waals surface area contributed by atoms with Gasteiger partial charge in [-0.1, -0.05) is 84.2 Å². The van der Waals surface area contributed by atoms with Crippen molar-refractivity contribution in [3.8, 4) is 0 Å². The highest BCUT2D eigenvalue weighted by atomic mass is 35.5. The number of nitrogens with zero attached hydrogens (tertiary/aromatic N) is 1. The zero-order chi connectivity index (χ0) is 28.6. The Kier molecular flexibility index (Phi) is 12.7. The van der Waals surface area contributed by atoms with Gasteiger partial charge in [-0.3, -0.25) is 0 Å². The molecule has 8 heteroatoms. The van der Waals surface area contributed by atoms with E-state index in [2.05, 4.69) is 36.4 Å². The molecule has 4 atom stereocenters. The first-order chi connectivity index (χ1) is 18.6. The highest BCUT2D eigenvalue weighted by Gasteiger charge is 2.44. The van der Waals surface area contributed by atoms with Crippen molar-refractivity contribution in [2.45, 2.75) is 74.4 Å².